The number of rotatable bonds is 2. The van der Waals surface area contributed by atoms with Gasteiger partial charge in [0.15, 0.2) is 0 Å². The van der Waals surface area contributed by atoms with Crippen molar-refractivity contribution in [3.63, 3.8) is 0 Å². The van der Waals surface area contributed by atoms with Crippen LogP contribution in [0.1, 0.15) is 38.5 Å². The predicted octanol–water partition coefficient (Wildman–Crippen LogP) is 2.72. The molecule has 1 saturated carbocycles. The molecule has 0 N–H and O–H groups in total. The first kappa shape index (κ1) is 16.2. The van der Waals surface area contributed by atoms with Crippen LogP contribution in [0, 0.1) is 11.7 Å². The van der Waals surface area contributed by atoms with Crippen molar-refractivity contribution in [2.45, 2.75) is 51.1 Å². The van der Waals surface area contributed by atoms with Crippen LogP contribution in [0.3, 0.4) is 0 Å². The smallest absolute Gasteiger partial charge is 0.261 e. The van der Waals surface area contributed by atoms with Gasteiger partial charge in [-0.25, -0.2) is 9.37 Å². The molecule has 6 heteroatoms. The SMILES string of the molecule is O=C(Cn1cnc2cc(F)ccc2c1=O)N1CCC[C@H]2CCCC[C@@H]21. The molecule has 2 atom stereocenters. The maximum absolute atomic E-state index is 13.3. The third kappa shape index (κ3) is 3.05. The van der Waals surface area contributed by atoms with E-state index in [1.165, 1.54) is 54.8 Å². The van der Waals surface area contributed by atoms with E-state index in [1.807, 2.05) is 4.90 Å². The molecule has 5 nitrogen and oxygen atoms in total. The van der Waals surface area contributed by atoms with Crippen LogP contribution < -0.4 is 5.56 Å². The van der Waals surface area contributed by atoms with Gasteiger partial charge in [0, 0.05) is 18.7 Å². The van der Waals surface area contributed by atoms with Crippen molar-refractivity contribution in [2.24, 2.45) is 5.92 Å². The summed E-state index contributed by atoms with van der Waals surface area (Å²) in [6.07, 6.45) is 8.30. The zero-order valence-electron chi connectivity index (χ0n) is 14.2. The van der Waals surface area contributed by atoms with Gasteiger partial charge in [0.05, 0.1) is 17.2 Å². The van der Waals surface area contributed by atoms with Crippen molar-refractivity contribution in [1.29, 1.82) is 0 Å². The average Bonchev–Trinajstić information content (AvgIpc) is 2.63. The Bertz CT molecular complexity index is 861. The van der Waals surface area contributed by atoms with E-state index < -0.39 is 5.82 Å². The number of likely N-dealkylation sites (tertiary alicyclic amines) is 1. The molecule has 1 aromatic heterocycles. The second kappa shape index (κ2) is 6.58. The minimum Gasteiger partial charge on any atom is -0.338 e. The summed E-state index contributed by atoms with van der Waals surface area (Å²) in [7, 11) is 0. The molecule has 1 aliphatic carbocycles. The molecule has 1 aliphatic heterocycles. The van der Waals surface area contributed by atoms with Gasteiger partial charge in [0.25, 0.3) is 5.56 Å². The van der Waals surface area contributed by atoms with Gasteiger partial charge in [-0.2, -0.15) is 0 Å². The number of fused-ring (bicyclic) bond motifs is 2. The lowest BCUT2D eigenvalue weighted by Gasteiger charge is -2.44. The summed E-state index contributed by atoms with van der Waals surface area (Å²) >= 11 is 0. The lowest BCUT2D eigenvalue weighted by Crippen LogP contribution is -2.51. The van der Waals surface area contributed by atoms with Crippen molar-refractivity contribution >= 4 is 16.8 Å². The Morgan fingerprint density at radius 3 is 2.88 bits per heavy atom. The molecular formula is C19H22FN3O2. The van der Waals surface area contributed by atoms with Gasteiger partial charge in [-0.3, -0.25) is 14.2 Å². The van der Waals surface area contributed by atoms with E-state index in [1.54, 1.807) is 0 Å². The molecule has 1 saturated heterocycles. The summed E-state index contributed by atoms with van der Waals surface area (Å²) in [5.74, 6) is 0.174. The molecule has 2 heterocycles. The number of amides is 1. The lowest BCUT2D eigenvalue weighted by atomic mass is 9.78. The van der Waals surface area contributed by atoms with Gasteiger partial charge in [-0.1, -0.05) is 12.8 Å². The van der Waals surface area contributed by atoms with Crippen LogP contribution in [0.4, 0.5) is 4.39 Å². The Kier molecular flexibility index (Phi) is 4.27. The number of halogens is 1. The summed E-state index contributed by atoms with van der Waals surface area (Å²) < 4.78 is 14.6. The van der Waals surface area contributed by atoms with Crippen molar-refractivity contribution in [3.8, 4) is 0 Å². The first-order valence-corrected chi connectivity index (χ1v) is 9.07. The van der Waals surface area contributed by atoms with Gasteiger partial charge in [0.2, 0.25) is 5.91 Å². The minimum atomic E-state index is -0.426. The van der Waals surface area contributed by atoms with Crippen molar-refractivity contribution in [1.82, 2.24) is 14.5 Å². The average molecular weight is 343 g/mol. The Morgan fingerprint density at radius 2 is 2.00 bits per heavy atom. The molecule has 0 radical (unpaired) electrons. The zero-order valence-corrected chi connectivity index (χ0v) is 14.2. The molecule has 1 amide bonds. The molecule has 4 rings (SSSR count). The molecule has 25 heavy (non-hydrogen) atoms. The second-order valence-corrected chi connectivity index (χ2v) is 7.18. The highest BCUT2D eigenvalue weighted by Crippen LogP contribution is 2.35. The van der Waals surface area contributed by atoms with Crippen molar-refractivity contribution in [2.75, 3.05) is 6.54 Å². The molecule has 2 aliphatic rings. The highest BCUT2D eigenvalue weighted by Gasteiger charge is 2.35. The van der Waals surface area contributed by atoms with E-state index in [4.69, 9.17) is 0 Å². The first-order valence-electron chi connectivity index (χ1n) is 9.07. The highest BCUT2D eigenvalue weighted by molar-refractivity contribution is 5.79. The van der Waals surface area contributed by atoms with E-state index in [9.17, 15) is 14.0 Å². The Labute approximate surface area is 145 Å². The lowest BCUT2D eigenvalue weighted by molar-refractivity contribution is -0.138. The third-order valence-corrected chi connectivity index (χ3v) is 5.66. The maximum atomic E-state index is 13.3. The summed E-state index contributed by atoms with van der Waals surface area (Å²) in [5.41, 5.74) is 0.0227. The summed E-state index contributed by atoms with van der Waals surface area (Å²) in [4.78, 5) is 31.5. The van der Waals surface area contributed by atoms with Gasteiger partial charge in [-0.15, -0.1) is 0 Å². The van der Waals surface area contributed by atoms with Crippen LogP contribution >= 0.6 is 0 Å². The standard InChI is InChI=1S/C19H22FN3O2/c20-14-7-8-15-16(10-14)21-12-22(19(15)25)11-18(24)23-9-3-5-13-4-1-2-6-17(13)23/h7-8,10,12-13,17H,1-6,9,11H2/t13-,17+/m1/s1. The van der Waals surface area contributed by atoms with Gasteiger partial charge < -0.3 is 4.90 Å². The van der Waals surface area contributed by atoms with Gasteiger partial charge in [-0.05, 0) is 43.7 Å². The van der Waals surface area contributed by atoms with Crippen LogP contribution in [0.2, 0.25) is 0 Å². The fraction of sp³-hybridized carbons (Fsp3) is 0.526. The van der Waals surface area contributed by atoms with E-state index in [2.05, 4.69) is 4.98 Å². The van der Waals surface area contributed by atoms with E-state index in [0.29, 0.717) is 22.9 Å². The fourth-order valence-electron chi connectivity index (χ4n) is 4.42. The largest absolute Gasteiger partial charge is 0.338 e. The second-order valence-electron chi connectivity index (χ2n) is 7.18. The minimum absolute atomic E-state index is 0.00235. The number of nitrogens with zero attached hydrogens (tertiary/aromatic N) is 3. The van der Waals surface area contributed by atoms with Crippen LogP contribution in [0.25, 0.3) is 10.9 Å². The molecule has 132 valence electrons. The van der Waals surface area contributed by atoms with E-state index >= 15 is 0 Å². The normalized spacial score (nSPS) is 23.5. The van der Waals surface area contributed by atoms with Crippen LogP contribution in [-0.2, 0) is 11.3 Å². The maximum Gasteiger partial charge on any atom is 0.261 e. The molecule has 1 aromatic carbocycles. The first-order chi connectivity index (χ1) is 12.1. The highest BCUT2D eigenvalue weighted by atomic mass is 19.1. The van der Waals surface area contributed by atoms with Crippen LogP contribution in [0.5, 0.6) is 0 Å². The summed E-state index contributed by atoms with van der Waals surface area (Å²) in [6.45, 7) is 0.781. The molecule has 2 aromatic rings. The number of carbonyl (C=O) groups excluding carboxylic acids is 1. The number of benzene rings is 1. The predicted molar refractivity (Wildman–Crippen MR) is 92.7 cm³/mol. The number of piperidine rings is 1. The van der Waals surface area contributed by atoms with E-state index in [-0.39, 0.29) is 18.0 Å². The molecular weight excluding hydrogens is 321 g/mol. The number of hydrogen-bond acceptors (Lipinski definition) is 3. The van der Waals surface area contributed by atoms with Gasteiger partial charge >= 0.3 is 0 Å². The molecule has 0 unspecified atom stereocenters. The fourth-order valence-corrected chi connectivity index (χ4v) is 4.42. The monoisotopic (exact) mass is 343 g/mol. The molecule has 0 spiro atoms. The number of carbonyl (C=O) groups is 1. The quantitative estimate of drug-likeness (QED) is 0.842. The van der Waals surface area contributed by atoms with Crippen LogP contribution in [0.15, 0.2) is 29.3 Å². The summed E-state index contributed by atoms with van der Waals surface area (Å²) in [6, 6.07) is 4.24. The molecule has 0 bridgehead atoms. The third-order valence-electron chi connectivity index (χ3n) is 5.66. The zero-order chi connectivity index (χ0) is 17.4. The summed E-state index contributed by atoms with van der Waals surface area (Å²) in [5, 5.41) is 0.339. The number of aromatic nitrogens is 2. The van der Waals surface area contributed by atoms with Crippen LogP contribution in [-0.4, -0.2) is 32.9 Å². The topological polar surface area (TPSA) is 55.2 Å². The molecule has 2 fully saturated rings. The number of hydrogen-bond donors (Lipinski definition) is 0. The Morgan fingerprint density at radius 1 is 1.20 bits per heavy atom. The van der Waals surface area contributed by atoms with Crippen molar-refractivity contribution < 1.29 is 9.18 Å². The Hall–Kier alpha value is -2.24. The van der Waals surface area contributed by atoms with E-state index in [0.717, 1.165) is 19.4 Å². The van der Waals surface area contributed by atoms with Gasteiger partial charge in [0.1, 0.15) is 12.4 Å². The van der Waals surface area contributed by atoms with Crippen molar-refractivity contribution in [3.05, 3.63) is 40.7 Å². The Balaban J connectivity index is 1.58.